The van der Waals surface area contributed by atoms with Gasteiger partial charge in [-0.1, -0.05) is 0 Å². The van der Waals surface area contributed by atoms with Gasteiger partial charge in [0.05, 0.1) is 11.3 Å². The zero-order valence-corrected chi connectivity index (χ0v) is 13.4. The van der Waals surface area contributed by atoms with Crippen molar-refractivity contribution in [2.45, 2.75) is 52.7 Å². The highest BCUT2D eigenvalue weighted by Gasteiger charge is 2.31. The van der Waals surface area contributed by atoms with Gasteiger partial charge in [-0.3, -0.25) is 14.4 Å². The molecule has 1 fully saturated rings. The van der Waals surface area contributed by atoms with Gasteiger partial charge < -0.3 is 4.90 Å². The van der Waals surface area contributed by atoms with Crippen molar-refractivity contribution in [3.8, 4) is 0 Å². The molecular formula is C15H26N4O. The molecule has 1 aliphatic heterocycles. The first-order valence-corrected chi connectivity index (χ1v) is 7.38. The van der Waals surface area contributed by atoms with Crippen LogP contribution in [-0.4, -0.2) is 57.7 Å². The zero-order chi connectivity index (χ0) is 15.0. The monoisotopic (exact) mass is 278 g/mol. The number of likely N-dealkylation sites (N-methyl/N-ethyl adjacent to an activating group) is 1. The number of rotatable bonds is 2. The van der Waals surface area contributed by atoms with Gasteiger partial charge in [-0.15, -0.1) is 0 Å². The van der Waals surface area contributed by atoms with Crippen LogP contribution in [0.25, 0.3) is 0 Å². The maximum absolute atomic E-state index is 12.7. The fraction of sp³-hybridized carbons (Fsp3) is 0.733. The van der Waals surface area contributed by atoms with Crippen molar-refractivity contribution in [1.82, 2.24) is 19.6 Å². The highest BCUT2D eigenvalue weighted by Crippen LogP contribution is 2.18. The first-order valence-electron chi connectivity index (χ1n) is 7.38. The van der Waals surface area contributed by atoms with E-state index in [1.165, 1.54) is 0 Å². The van der Waals surface area contributed by atoms with E-state index >= 15 is 0 Å². The molecule has 0 saturated carbocycles. The van der Waals surface area contributed by atoms with Gasteiger partial charge in [0, 0.05) is 37.4 Å². The second-order valence-corrected chi connectivity index (χ2v) is 6.28. The molecule has 0 N–H and O–H groups in total. The van der Waals surface area contributed by atoms with Crippen LogP contribution in [0.5, 0.6) is 0 Å². The predicted octanol–water partition coefficient (Wildman–Crippen LogP) is 1.94. The van der Waals surface area contributed by atoms with Crippen molar-refractivity contribution in [3.63, 3.8) is 0 Å². The molecule has 2 rings (SSSR count). The molecular weight excluding hydrogens is 252 g/mol. The molecule has 0 radical (unpaired) electrons. The third-order valence-corrected chi connectivity index (χ3v) is 4.32. The van der Waals surface area contributed by atoms with E-state index in [9.17, 15) is 4.79 Å². The van der Waals surface area contributed by atoms with Gasteiger partial charge in [-0.2, -0.15) is 5.10 Å². The van der Waals surface area contributed by atoms with Crippen molar-refractivity contribution >= 4 is 5.91 Å². The fourth-order valence-corrected chi connectivity index (χ4v) is 2.70. The summed E-state index contributed by atoms with van der Waals surface area (Å²) >= 11 is 0. The minimum absolute atomic E-state index is 0.112. The molecule has 1 aliphatic rings. The minimum atomic E-state index is 0.112. The van der Waals surface area contributed by atoms with Crippen LogP contribution in [0.15, 0.2) is 6.20 Å². The van der Waals surface area contributed by atoms with E-state index in [0.29, 0.717) is 12.1 Å². The van der Waals surface area contributed by atoms with E-state index in [2.05, 4.69) is 44.7 Å². The van der Waals surface area contributed by atoms with Crippen molar-refractivity contribution < 1.29 is 4.79 Å². The summed E-state index contributed by atoms with van der Waals surface area (Å²) in [6.45, 7) is 12.0. The molecule has 1 aromatic rings. The van der Waals surface area contributed by atoms with Crippen molar-refractivity contribution in [2.75, 3.05) is 20.1 Å². The average molecular weight is 278 g/mol. The van der Waals surface area contributed by atoms with Gasteiger partial charge in [-0.25, -0.2) is 0 Å². The molecule has 0 spiro atoms. The molecule has 0 unspecified atom stereocenters. The zero-order valence-electron chi connectivity index (χ0n) is 13.4. The Hall–Kier alpha value is -1.36. The lowest BCUT2D eigenvalue weighted by Gasteiger charge is -2.42. The average Bonchev–Trinajstić information content (AvgIpc) is 2.76. The third-order valence-electron chi connectivity index (χ3n) is 4.32. The Balaban J connectivity index is 2.19. The number of hydrogen-bond acceptors (Lipinski definition) is 3. The van der Waals surface area contributed by atoms with Crippen LogP contribution in [0.3, 0.4) is 0 Å². The summed E-state index contributed by atoms with van der Waals surface area (Å²) in [5.41, 5.74) is 1.56. The summed E-state index contributed by atoms with van der Waals surface area (Å²) in [7, 11) is 2.12. The van der Waals surface area contributed by atoms with E-state index in [1.54, 1.807) is 0 Å². The second kappa shape index (κ2) is 5.56. The first kappa shape index (κ1) is 15.0. The summed E-state index contributed by atoms with van der Waals surface area (Å²) in [5, 5.41) is 4.44. The first-order chi connectivity index (χ1) is 9.31. The van der Waals surface area contributed by atoms with Gasteiger partial charge in [0.1, 0.15) is 0 Å². The maximum Gasteiger partial charge on any atom is 0.257 e. The van der Waals surface area contributed by atoms with Crippen LogP contribution in [0.2, 0.25) is 0 Å². The summed E-state index contributed by atoms with van der Waals surface area (Å²) in [5.74, 6) is 0.112. The maximum atomic E-state index is 12.7. The van der Waals surface area contributed by atoms with E-state index < -0.39 is 0 Å². The molecule has 2 heterocycles. The molecule has 5 nitrogen and oxygen atoms in total. The van der Waals surface area contributed by atoms with E-state index in [1.807, 2.05) is 22.7 Å². The smallest absolute Gasteiger partial charge is 0.257 e. The largest absolute Gasteiger partial charge is 0.335 e. The van der Waals surface area contributed by atoms with E-state index in [0.717, 1.165) is 24.3 Å². The quantitative estimate of drug-likeness (QED) is 0.830. The summed E-state index contributed by atoms with van der Waals surface area (Å²) in [4.78, 5) is 17.0. The van der Waals surface area contributed by atoms with Crippen LogP contribution < -0.4 is 0 Å². The SMILES string of the molecule is Cc1nn(C(C)C)cc1C(=O)N1C[C@@H](C)N(C)[C@@H](C)C1. The number of aryl methyl sites for hydroxylation is 1. The molecule has 0 bridgehead atoms. The Morgan fingerprint density at radius 2 is 1.85 bits per heavy atom. The molecule has 1 saturated heterocycles. The lowest BCUT2D eigenvalue weighted by Crippen LogP contribution is -2.56. The molecule has 112 valence electrons. The van der Waals surface area contributed by atoms with Crippen molar-refractivity contribution in [2.24, 2.45) is 0 Å². The van der Waals surface area contributed by atoms with Gasteiger partial charge in [-0.05, 0) is 41.7 Å². The number of aromatic nitrogens is 2. The molecule has 20 heavy (non-hydrogen) atoms. The van der Waals surface area contributed by atoms with Crippen molar-refractivity contribution in [1.29, 1.82) is 0 Å². The van der Waals surface area contributed by atoms with E-state index in [4.69, 9.17) is 0 Å². The second-order valence-electron chi connectivity index (χ2n) is 6.28. The predicted molar refractivity (Wildman–Crippen MR) is 79.9 cm³/mol. The number of carbonyl (C=O) groups is 1. The Bertz CT molecular complexity index is 482. The van der Waals surface area contributed by atoms with Gasteiger partial charge in [0.15, 0.2) is 0 Å². The van der Waals surface area contributed by atoms with Crippen molar-refractivity contribution in [3.05, 3.63) is 17.5 Å². The van der Waals surface area contributed by atoms with E-state index in [-0.39, 0.29) is 11.9 Å². The fourth-order valence-electron chi connectivity index (χ4n) is 2.70. The topological polar surface area (TPSA) is 41.4 Å². The Morgan fingerprint density at radius 3 is 2.30 bits per heavy atom. The number of amides is 1. The summed E-state index contributed by atoms with van der Waals surface area (Å²) in [6.07, 6.45) is 1.88. The van der Waals surface area contributed by atoms with Crippen LogP contribution in [0, 0.1) is 6.92 Å². The minimum Gasteiger partial charge on any atom is -0.335 e. The standard InChI is InChI=1S/C15H26N4O/c1-10(2)19-9-14(13(5)16-19)15(20)18-7-11(3)17(6)12(4)8-18/h9-12H,7-8H2,1-6H3/t11-,12+. The molecule has 1 aromatic heterocycles. The Morgan fingerprint density at radius 1 is 1.30 bits per heavy atom. The lowest BCUT2D eigenvalue weighted by atomic mass is 10.1. The molecule has 2 atom stereocenters. The van der Waals surface area contributed by atoms with Crippen LogP contribution in [0.1, 0.15) is 49.8 Å². The highest BCUT2D eigenvalue weighted by molar-refractivity contribution is 5.95. The third kappa shape index (κ3) is 2.73. The highest BCUT2D eigenvalue weighted by atomic mass is 16.2. The number of carbonyl (C=O) groups excluding carboxylic acids is 1. The van der Waals surface area contributed by atoms with Gasteiger partial charge >= 0.3 is 0 Å². The van der Waals surface area contributed by atoms with Crippen LogP contribution in [0.4, 0.5) is 0 Å². The molecule has 0 aliphatic carbocycles. The number of nitrogens with zero attached hydrogens (tertiary/aromatic N) is 4. The van der Waals surface area contributed by atoms with Crippen LogP contribution >= 0.6 is 0 Å². The molecule has 1 amide bonds. The summed E-state index contributed by atoms with van der Waals surface area (Å²) in [6, 6.07) is 1.06. The molecule has 5 heteroatoms. The Labute approximate surface area is 121 Å². The Kier molecular flexibility index (Phi) is 4.18. The molecule has 0 aromatic carbocycles. The lowest BCUT2D eigenvalue weighted by molar-refractivity contribution is 0.0413. The van der Waals surface area contributed by atoms with Crippen LogP contribution in [-0.2, 0) is 0 Å². The number of hydrogen-bond donors (Lipinski definition) is 0. The van der Waals surface area contributed by atoms with Gasteiger partial charge in [0.2, 0.25) is 0 Å². The summed E-state index contributed by atoms with van der Waals surface area (Å²) < 4.78 is 1.87. The normalized spacial score (nSPS) is 24.4. The van der Waals surface area contributed by atoms with Gasteiger partial charge in [0.25, 0.3) is 5.91 Å². The number of piperazine rings is 1.